The summed E-state index contributed by atoms with van der Waals surface area (Å²) in [4.78, 5) is 29.7. The Bertz CT molecular complexity index is 776. The first-order valence-corrected chi connectivity index (χ1v) is 8.39. The average molecular weight is 351 g/mol. The second kappa shape index (κ2) is 5.94. The van der Waals surface area contributed by atoms with Crippen molar-refractivity contribution in [3.8, 4) is 10.6 Å². The Kier molecular flexibility index (Phi) is 4.12. The topological polar surface area (TPSA) is 70.5 Å². The van der Waals surface area contributed by atoms with Gasteiger partial charge in [-0.25, -0.2) is 4.98 Å². The molecule has 3 rings (SSSR count). The zero-order valence-corrected chi connectivity index (χ0v) is 14.0. The van der Waals surface area contributed by atoms with Crippen molar-refractivity contribution in [3.63, 3.8) is 0 Å². The number of thiazole rings is 1. The van der Waals surface area contributed by atoms with Gasteiger partial charge in [-0.3, -0.25) is 9.59 Å². The number of hydrogen-bond donors (Lipinski definition) is 1. The number of nitrogens with zero attached hydrogens (tertiary/aromatic N) is 2. The zero-order chi connectivity index (χ0) is 16.6. The molecule has 23 heavy (non-hydrogen) atoms. The van der Waals surface area contributed by atoms with Crippen molar-refractivity contribution in [1.29, 1.82) is 0 Å². The van der Waals surface area contributed by atoms with E-state index in [1.54, 1.807) is 29.3 Å². The minimum atomic E-state index is -0.874. The summed E-state index contributed by atoms with van der Waals surface area (Å²) in [7, 11) is 0. The molecule has 0 saturated carbocycles. The molecule has 0 spiro atoms. The van der Waals surface area contributed by atoms with E-state index in [4.69, 9.17) is 11.6 Å². The van der Waals surface area contributed by atoms with Gasteiger partial charge in [0.15, 0.2) is 0 Å². The van der Waals surface area contributed by atoms with Crippen molar-refractivity contribution in [2.24, 2.45) is 5.41 Å². The molecule has 1 atom stereocenters. The normalized spacial score (nSPS) is 20.7. The smallest absolute Gasteiger partial charge is 0.311 e. The standard InChI is InChI=1S/C16H15ClN2O3S/c1-16(15(21)22)5-6-19(9-16)14(20)12-8-23-13(18-12)10-3-2-4-11(17)7-10/h2-4,7-8H,5-6,9H2,1H3,(H,21,22)/t16-/m0/s1. The van der Waals surface area contributed by atoms with Crippen molar-refractivity contribution in [3.05, 3.63) is 40.4 Å². The van der Waals surface area contributed by atoms with Gasteiger partial charge in [-0.05, 0) is 25.5 Å². The molecule has 2 aromatic rings. The summed E-state index contributed by atoms with van der Waals surface area (Å²) in [6.45, 7) is 2.32. The van der Waals surface area contributed by atoms with Gasteiger partial charge in [0.25, 0.3) is 5.91 Å². The van der Waals surface area contributed by atoms with E-state index in [-0.39, 0.29) is 12.5 Å². The predicted molar refractivity (Wildman–Crippen MR) is 88.8 cm³/mol. The highest BCUT2D eigenvalue weighted by molar-refractivity contribution is 7.13. The number of carboxylic acid groups (broad SMARTS) is 1. The number of hydrogen-bond acceptors (Lipinski definition) is 4. The molecule has 1 aromatic carbocycles. The molecule has 1 aliphatic heterocycles. The SMILES string of the molecule is C[C@]1(C(=O)O)CCN(C(=O)c2csc(-c3cccc(Cl)c3)n2)C1. The maximum Gasteiger partial charge on any atom is 0.311 e. The third-order valence-corrected chi connectivity index (χ3v) is 5.20. The van der Waals surface area contributed by atoms with Crippen LogP contribution >= 0.6 is 22.9 Å². The lowest BCUT2D eigenvalue weighted by molar-refractivity contribution is -0.147. The second-order valence-corrected chi connectivity index (χ2v) is 7.19. The van der Waals surface area contributed by atoms with E-state index in [0.717, 1.165) is 10.6 Å². The van der Waals surface area contributed by atoms with Crippen molar-refractivity contribution in [2.75, 3.05) is 13.1 Å². The number of benzene rings is 1. The number of carbonyl (C=O) groups is 2. The third-order valence-electron chi connectivity index (χ3n) is 4.07. The molecule has 1 N–H and O–H groups in total. The Morgan fingerprint density at radius 3 is 2.87 bits per heavy atom. The summed E-state index contributed by atoms with van der Waals surface area (Å²) in [5.74, 6) is -1.09. The molecule has 1 amide bonds. The number of aliphatic carboxylic acids is 1. The quantitative estimate of drug-likeness (QED) is 0.921. The molecule has 1 fully saturated rings. The van der Waals surface area contributed by atoms with Crippen molar-refractivity contribution in [2.45, 2.75) is 13.3 Å². The van der Waals surface area contributed by atoms with Crippen LogP contribution in [0.3, 0.4) is 0 Å². The Morgan fingerprint density at radius 1 is 1.43 bits per heavy atom. The highest BCUT2D eigenvalue weighted by Gasteiger charge is 2.42. The van der Waals surface area contributed by atoms with Crippen LogP contribution in [0.1, 0.15) is 23.8 Å². The maximum absolute atomic E-state index is 12.5. The van der Waals surface area contributed by atoms with E-state index in [9.17, 15) is 14.7 Å². The average Bonchev–Trinajstić information content (AvgIpc) is 3.14. The van der Waals surface area contributed by atoms with Crippen LogP contribution < -0.4 is 0 Å². The molecule has 2 heterocycles. The molecule has 7 heteroatoms. The van der Waals surface area contributed by atoms with E-state index in [0.29, 0.717) is 23.7 Å². The van der Waals surface area contributed by atoms with Crippen LogP contribution in [0.4, 0.5) is 0 Å². The maximum atomic E-state index is 12.5. The van der Waals surface area contributed by atoms with Gasteiger partial charge in [0.2, 0.25) is 0 Å². The minimum Gasteiger partial charge on any atom is -0.481 e. The first-order chi connectivity index (χ1) is 10.9. The molecular weight excluding hydrogens is 336 g/mol. The molecule has 5 nitrogen and oxygen atoms in total. The second-order valence-electron chi connectivity index (χ2n) is 5.89. The van der Waals surface area contributed by atoms with Gasteiger partial charge in [-0.1, -0.05) is 23.7 Å². The Balaban J connectivity index is 1.79. The van der Waals surface area contributed by atoms with Crippen LogP contribution in [-0.4, -0.2) is 40.0 Å². The lowest BCUT2D eigenvalue weighted by atomic mass is 9.90. The minimum absolute atomic E-state index is 0.213. The Morgan fingerprint density at radius 2 is 2.22 bits per heavy atom. The molecule has 1 aromatic heterocycles. The molecule has 1 aliphatic rings. The fourth-order valence-corrected chi connectivity index (χ4v) is 3.58. The van der Waals surface area contributed by atoms with Crippen LogP contribution in [0.2, 0.25) is 5.02 Å². The van der Waals surface area contributed by atoms with Gasteiger partial charge < -0.3 is 10.0 Å². The highest BCUT2D eigenvalue weighted by atomic mass is 35.5. The Labute approximate surface area is 142 Å². The lowest BCUT2D eigenvalue weighted by Crippen LogP contribution is -2.35. The monoisotopic (exact) mass is 350 g/mol. The summed E-state index contributed by atoms with van der Waals surface area (Å²) in [5, 5.41) is 12.3. The molecule has 0 unspecified atom stereocenters. The summed E-state index contributed by atoms with van der Waals surface area (Å²) < 4.78 is 0. The van der Waals surface area contributed by atoms with Crippen molar-refractivity contribution >= 4 is 34.8 Å². The van der Waals surface area contributed by atoms with Crippen LogP contribution in [0, 0.1) is 5.41 Å². The lowest BCUT2D eigenvalue weighted by Gasteiger charge is -2.19. The number of halogens is 1. The van der Waals surface area contributed by atoms with E-state index < -0.39 is 11.4 Å². The number of carbonyl (C=O) groups excluding carboxylic acids is 1. The van der Waals surface area contributed by atoms with Crippen molar-refractivity contribution in [1.82, 2.24) is 9.88 Å². The van der Waals surface area contributed by atoms with Crippen LogP contribution in [0.15, 0.2) is 29.6 Å². The summed E-state index contributed by atoms with van der Waals surface area (Å²) >= 11 is 7.35. The molecular formula is C16H15ClN2O3S. The van der Waals surface area contributed by atoms with Crippen molar-refractivity contribution < 1.29 is 14.7 Å². The van der Waals surface area contributed by atoms with Gasteiger partial charge in [0.1, 0.15) is 10.7 Å². The molecule has 0 radical (unpaired) electrons. The van der Waals surface area contributed by atoms with E-state index in [1.165, 1.54) is 11.3 Å². The summed E-state index contributed by atoms with van der Waals surface area (Å²) in [6.07, 6.45) is 0.458. The molecule has 1 saturated heterocycles. The number of likely N-dealkylation sites (tertiary alicyclic amines) is 1. The number of amides is 1. The van der Waals surface area contributed by atoms with Gasteiger partial charge >= 0.3 is 5.97 Å². The first-order valence-electron chi connectivity index (χ1n) is 7.13. The van der Waals surface area contributed by atoms with Gasteiger partial charge in [0.05, 0.1) is 5.41 Å². The van der Waals surface area contributed by atoms with Gasteiger partial charge in [-0.2, -0.15) is 0 Å². The zero-order valence-electron chi connectivity index (χ0n) is 12.5. The van der Waals surface area contributed by atoms with E-state index in [2.05, 4.69) is 4.98 Å². The first kappa shape index (κ1) is 16.0. The molecule has 0 bridgehead atoms. The fraction of sp³-hybridized carbons (Fsp3) is 0.312. The van der Waals surface area contributed by atoms with Gasteiger partial charge in [-0.15, -0.1) is 11.3 Å². The van der Waals surface area contributed by atoms with Crippen LogP contribution in [0.25, 0.3) is 10.6 Å². The van der Waals surface area contributed by atoms with E-state index in [1.807, 2.05) is 12.1 Å². The summed E-state index contributed by atoms with van der Waals surface area (Å²) in [5.41, 5.74) is 0.333. The summed E-state index contributed by atoms with van der Waals surface area (Å²) in [6, 6.07) is 7.29. The largest absolute Gasteiger partial charge is 0.481 e. The molecule has 0 aliphatic carbocycles. The highest BCUT2D eigenvalue weighted by Crippen LogP contribution is 2.32. The van der Waals surface area contributed by atoms with Crippen LogP contribution in [-0.2, 0) is 4.79 Å². The van der Waals surface area contributed by atoms with Crippen LogP contribution in [0.5, 0.6) is 0 Å². The van der Waals surface area contributed by atoms with E-state index >= 15 is 0 Å². The number of carboxylic acids is 1. The number of rotatable bonds is 3. The Hall–Kier alpha value is -1.92. The predicted octanol–water partition coefficient (Wildman–Crippen LogP) is 3.40. The van der Waals surface area contributed by atoms with Gasteiger partial charge in [0, 0.05) is 29.1 Å². The fourth-order valence-electron chi connectivity index (χ4n) is 2.60. The molecule has 120 valence electrons. The number of aromatic nitrogens is 1. The third kappa shape index (κ3) is 3.09.